The fraction of sp³-hybridized carbons (Fsp3) is 0.222. The smallest absolute Gasteiger partial charge is 0.107 e. The van der Waals surface area contributed by atoms with Crippen molar-refractivity contribution in [2.75, 3.05) is 6.54 Å². The van der Waals surface area contributed by atoms with E-state index in [4.69, 9.17) is 10.4 Å². The van der Waals surface area contributed by atoms with Crippen LogP contribution in [0.3, 0.4) is 0 Å². The first-order valence-electron chi connectivity index (χ1n) is 7.67. The van der Waals surface area contributed by atoms with Crippen LogP contribution in [0.5, 0.6) is 0 Å². The molecular formula is C18H16N4S. The van der Waals surface area contributed by atoms with E-state index >= 15 is 0 Å². The van der Waals surface area contributed by atoms with Crippen LogP contribution in [0.2, 0.25) is 0 Å². The minimum atomic E-state index is 0.694. The zero-order valence-electron chi connectivity index (χ0n) is 12.6. The molecule has 23 heavy (non-hydrogen) atoms. The Morgan fingerprint density at radius 1 is 1.26 bits per heavy atom. The van der Waals surface area contributed by atoms with Crippen molar-refractivity contribution in [1.82, 2.24) is 15.1 Å². The summed E-state index contributed by atoms with van der Waals surface area (Å²) in [5.74, 6) is 0. The van der Waals surface area contributed by atoms with Gasteiger partial charge < -0.3 is 5.32 Å². The summed E-state index contributed by atoms with van der Waals surface area (Å²) in [6, 6.07) is 14.1. The van der Waals surface area contributed by atoms with Crippen molar-refractivity contribution in [1.29, 1.82) is 5.26 Å². The number of benzene rings is 1. The molecular weight excluding hydrogens is 304 g/mol. The third-order valence-electron chi connectivity index (χ3n) is 4.18. The summed E-state index contributed by atoms with van der Waals surface area (Å²) in [5.41, 5.74) is 5.63. The molecule has 1 N–H and O–H groups in total. The summed E-state index contributed by atoms with van der Waals surface area (Å²) in [5, 5.41) is 19.4. The molecule has 1 aromatic carbocycles. The number of nitrogens with zero attached hydrogens (tertiary/aromatic N) is 3. The minimum Gasteiger partial charge on any atom is -0.312 e. The predicted molar refractivity (Wildman–Crippen MR) is 91.2 cm³/mol. The van der Waals surface area contributed by atoms with Crippen LogP contribution in [0, 0.1) is 11.3 Å². The van der Waals surface area contributed by atoms with Crippen LogP contribution < -0.4 is 5.32 Å². The van der Waals surface area contributed by atoms with Crippen LogP contribution in [0.15, 0.2) is 41.8 Å². The average molecular weight is 320 g/mol. The Balaban J connectivity index is 1.72. The van der Waals surface area contributed by atoms with Crippen LogP contribution in [0.4, 0.5) is 0 Å². The molecule has 4 nitrogen and oxygen atoms in total. The van der Waals surface area contributed by atoms with Gasteiger partial charge in [-0.2, -0.15) is 10.4 Å². The van der Waals surface area contributed by atoms with Crippen molar-refractivity contribution < 1.29 is 0 Å². The first-order valence-corrected chi connectivity index (χ1v) is 8.55. The van der Waals surface area contributed by atoms with E-state index in [1.54, 1.807) is 11.3 Å². The molecule has 2 aromatic heterocycles. The molecule has 3 heterocycles. The summed E-state index contributed by atoms with van der Waals surface area (Å²) in [4.78, 5) is 1.23. The first kappa shape index (κ1) is 14.2. The maximum Gasteiger partial charge on any atom is 0.107 e. The highest BCUT2D eigenvalue weighted by atomic mass is 32.1. The first-order chi connectivity index (χ1) is 11.3. The van der Waals surface area contributed by atoms with Gasteiger partial charge in [0.05, 0.1) is 23.1 Å². The Morgan fingerprint density at radius 3 is 2.87 bits per heavy atom. The molecule has 0 spiro atoms. The Labute approximate surface area is 139 Å². The minimum absolute atomic E-state index is 0.694. The highest BCUT2D eigenvalue weighted by Crippen LogP contribution is 2.31. The second-order valence-electron chi connectivity index (χ2n) is 5.64. The molecule has 0 radical (unpaired) electrons. The molecule has 1 aliphatic rings. The van der Waals surface area contributed by atoms with Crippen LogP contribution in [-0.4, -0.2) is 16.3 Å². The molecule has 0 fully saturated rings. The normalized spacial score (nSPS) is 13.5. The molecule has 114 valence electrons. The maximum absolute atomic E-state index is 8.91. The molecule has 5 heteroatoms. The molecule has 0 atom stereocenters. The van der Waals surface area contributed by atoms with E-state index in [-0.39, 0.29) is 0 Å². The van der Waals surface area contributed by atoms with Gasteiger partial charge in [0.25, 0.3) is 0 Å². The summed E-state index contributed by atoms with van der Waals surface area (Å²) in [6.45, 7) is 2.63. The Hall–Kier alpha value is -2.42. The fourth-order valence-corrected chi connectivity index (χ4v) is 3.76. The lowest BCUT2D eigenvalue weighted by Gasteiger charge is -2.15. The van der Waals surface area contributed by atoms with Gasteiger partial charge in [0, 0.05) is 30.8 Å². The van der Waals surface area contributed by atoms with Crippen LogP contribution in [0.1, 0.15) is 22.4 Å². The number of fused-ring (bicyclic) bond motifs is 1. The predicted octanol–water partition coefficient (Wildman–Crippen LogP) is 3.18. The topological polar surface area (TPSA) is 53.6 Å². The molecule has 1 aliphatic heterocycles. The van der Waals surface area contributed by atoms with E-state index in [9.17, 15) is 0 Å². The molecule has 0 bridgehead atoms. The van der Waals surface area contributed by atoms with Crippen molar-refractivity contribution in [2.24, 2.45) is 0 Å². The van der Waals surface area contributed by atoms with Gasteiger partial charge in [0.15, 0.2) is 0 Å². The standard InChI is InChI=1S/C18H16N4S/c19-10-13-3-5-14(6-4-13)12-22-16-7-8-20-11-15(16)18(21-22)17-2-1-9-23-17/h1-6,9,20H,7-8,11-12H2. The number of rotatable bonds is 3. The number of aromatic nitrogens is 2. The van der Waals surface area contributed by atoms with Crippen molar-refractivity contribution >= 4 is 11.3 Å². The van der Waals surface area contributed by atoms with Crippen molar-refractivity contribution in [2.45, 2.75) is 19.5 Å². The lowest BCUT2D eigenvalue weighted by molar-refractivity contribution is 0.582. The van der Waals surface area contributed by atoms with Crippen LogP contribution >= 0.6 is 11.3 Å². The molecule has 3 aromatic rings. The van der Waals surface area contributed by atoms with Gasteiger partial charge in [-0.05, 0) is 29.1 Å². The monoisotopic (exact) mass is 320 g/mol. The van der Waals surface area contributed by atoms with Gasteiger partial charge in [-0.1, -0.05) is 18.2 Å². The maximum atomic E-state index is 8.91. The lowest BCUT2D eigenvalue weighted by Crippen LogP contribution is -2.25. The molecule has 4 rings (SSSR count). The molecule has 0 amide bonds. The Kier molecular flexibility index (Phi) is 3.70. The number of hydrogen-bond donors (Lipinski definition) is 1. The van der Waals surface area contributed by atoms with E-state index in [0.717, 1.165) is 31.7 Å². The zero-order chi connectivity index (χ0) is 15.6. The third kappa shape index (κ3) is 2.67. The number of nitrogens with one attached hydrogen (secondary N) is 1. The van der Waals surface area contributed by atoms with E-state index in [1.165, 1.54) is 21.7 Å². The van der Waals surface area contributed by atoms with Crippen LogP contribution in [-0.2, 0) is 19.5 Å². The van der Waals surface area contributed by atoms with Crippen LogP contribution in [0.25, 0.3) is 10.6 Å². The third-order valence-corrected chi connectivity index (χ3v) is 5.05. The molecule has 0 aliphatic carbocycles. The highest BCUT2D eigenvalue weighted by Gasteiger charge is 2.22. The van der Waals surface area contributed by atoms with E-state index in [0.29, 0.717) is 5.56 Å². The largest absolute Gasteiger partial charge is 0.312 e. The van der Waals surface area contributed by atoms with E-state index < -0.39 is 0 Å². The van der Waals surface area contributed by atoms with Crippen molar-refractivity contribution in [3.05, 3.63) is 64.2 Å². The van der Waals surface area contributed by atoms with E-state index in [2.05, 4.69) is 33.6 Å². The second kappa shape index (κ2) is 5.99. The summed E-state index contributed by atoms with van der Waals surface area (Å²) >= 11 is 1.73. The Bertz CT molecular complexity index is 854. The van der Waals surface area contributed by atoms with Gasteiger partial charge >= 0.3 is 0 Å². The Morgan fingerprint density at radius 2 is 2.13 bits per heavy atom. The molecule has 0 unspecified atom stereocenters. The van der Waals surface area contributed by atoms with Crippen molar-refractivity contribution in [3.63, 3.8) is 0 Å². The number of thiophene rings is 1. The van der Waals surface area contributed by atoms with E-state index in [1.807, 2.05) is 24.3 Å². The quantitative estimate of drug-likeness (QED) is 0.806. The molecule has 0 saturated heterocycles. The van der Waals surface area contributed by atoms with Gasteiger partial charge in [-0.15, -0.1) is 11.3 Å². The average Bonchev–Trinajstić information content (AvgIpc) is 3.24. The van der Waals surface area contributed by atoms with Gasteiger partial charge in [0.1, 0.15) is 5.69 Å². The molecule has 0 saturated carbocycles. The summed E-state index contributed by atoms with van der Waals surface area (Å²) < 4.78 is 2.13. The van der Waals surface area contributed by atoms with Crippen molar-refractivity contribution in [3.8, 4) is 16.6 Å². The second-order valence-corrected chi connectivity index (χ2v) is 6.59. The fourth-order valence-electron chi connectivity index (χ4n) is 3.02. The van der Waals surface area contributed by atoms with Gasteiger partial charge in [0.2, 0.25) is 0 Å². The summed E-state index contributed by atoms with van der Waals surface area (Å²) in [6.07, 6.45) is 1.00. The van der Waals surface area contributed by atoms with Gasteiger partial charge in [-0.3, -0.25) is 4.68 Å². The summed E-state index contributed by atoms with van der Waals surface area (Å²) in [7, 11) is 0. The highest BCUT2D eigenvalue weighted by molar-refractivity contribution is 7.13. The van der Waals surface area contributed by atoms with Gasteiger partial charge in [-0.25, -0.2) is 0 Å². The zero-order valence-corrected chi connectivity index (χ0v) is 13.4. The SMILES string of the molecule is N#Cc1ccc(Cn2nc(-c3cccs3)c3c2CCNC3)cc1. The number of hydrogen-bond acceptors (Lipinski definition) is 4. The number of nitriles is 1. The lowest BCUT2D eigenvalue weighted by atomic mass is 10.1.